The van der Waals surface area contributed by atoms with E-state index in [0.29, 0.717) is 11.3 Å². The fraction of sp³-hybridized carbons (Fsp3) is 0.231. The minimum atomic E-state index is -1.01. The van der Waals surface area contributed by atoms with Gasteiger partial charge in [-0.2, -0.15) is 0 Å². The molecule has 0 radical (unpaired) electrons. The normalized spacial score (nSPS) is 12.7. The van der Waals surface area contributed by atoms with Gasteiger partial charge in [0.2, 0.25) is 0 Å². The van der Waals surface area contributed by atoms with Crippen LogP contribution in [0.25, 0.3) is 0 Å². The number of carboxylic acid groups (broad SMARTS) is 1. The zero-order valence-electron chi connectivity index (χ0n) is 10.2. The molecule has 2 N–H and O–H groups in total. The molecule has 5 heteroatoms. The summed E-state index contributed by atoms with van der Waals surface area (Å²) >= 11 is 0. The van der Waals surface area contributed by atoms with Gasteiger partial charge in [0.1, 0.15) is 6.04 Å². The first-order valence-electron chi connectivity index (χ1n) is 5.35. The lowest BCUT2D eigenvalue weighted by Crippen LogP contribution is -2.27. The minimum Gasteiger partial charge on any atom is -0.479 e. The predicted molar refractivity (Wildman–Crippen MR) is 65.7 cm³/mol. The summed E-state index contributed by atoms with van der Waals surface area (Å²) < 4.78 is 4.47. The summed E-state index contributed by atoms with van der Waals surface area (Å²) in [5, 5.41) is 11.9. The van der Waals surface area contributed by atoms with Crippen LogP contribution < -0.4 is 5.32 Å². The molecule has 0 aliphatic heterocycles. The summed E-state index contributed by atoms with van der Waals surface area (Å²) in [6.45, 7) is 1.61. The van der Waals surface area contributed by atoms with Crippen LogP contribution in [0.15, 0.2) is 42.1 Å². The van der Waals surface area contributed by atoms with Gasteiger partial charge in [0.05, 0.1) is 7.11 Å². The van der Waals surface area contributed by atoms with Crippen molar-refractivity contribution in [2.75, 3.05) is 7.11 Å². The number of aliphatic carboxylic acids is 1. The standard InChI is InChI=1S/C13H15NO4/c1-9(8-11(15)18-2)14-12(13(16)17)10-6-4-3-5-7-10/h3-8,12,14H,1-2H3,(H,16,17)/b9-8+/t12-/m1/s1. The molecule has 0 saturated heterocycles. The molecule has 1 aromatic carbocycles. The summed E-state index contributed by atoms with van der Waals surface area (Å²) in [7, 11) is 1.26. The summed E-state index contributed by atoms with van der Waals surface area (Å²) in [5.41, 5.74) is 1.04. The van der Waals surface area contributed by atoms with Gasteiger partial charge in [0.25, 0.3) is 0 Å². The second-order valence-electron chi connectivity index (χ2n) is 3.68. The largest absolute Gasteiger partial charge is 0.479 e. The Labute approximate surface area is 105 Å². The smallest absolute Gasteiger partial charge is 0.332 e. The van der Waals surface area contributed by atoms with Crippen molar-refractivity contribution in [2.24, 2.45) is 0 Å². The number of allylic oxidation sites excluding steroid dienone is 1. The van der Waals surface area contributed by atoms with Gasteiger partial charge in [-0.3, -0.25) is 0 Å². The quantitative estimate of drug-likeness (QED) is 0.610. The van der Waals surface area contributed by atoms with Crippen molar-refractivity contribution in [3.63, 3.8) is 0 Å². The molecular formula is C13H15NO4. The maximum absolute atomic E-state index is 11.2. The third kappa shape index (κ3) is 3.93. The molecule has 0 saturated carbocycles. The van der Waals surface area contributed by atoms with E-state index in [0.717, 1.165) is 0 Å². The molecular weight excluding hydrogens is 234 g/mol. The highest BCUT2D eigenvalue weighted by atomic mass is 16.5. The fourth-order valence-electron chi connectivity index (χ4n) is 1.44. The van der Waals surface area contributed by atoms with Crippen LogP contribution >= 0.6 is 0 Å². The minimum absolute atomic E-state index is 0.429. The fourth-order valence-corrected chi connectivity index (χ4v) is 1.44. The molecule has 1 rings (SSSR count). The molecule has 1 atom stereocenters. The van der Waals surface area contributed by atoms with Crippen LogP contribution in [0.5, 0.6) is 0 Å². The Morgan fingerprint density at radius 1 is 1.33 bits per heavy atom. The molecule has 0 spiro atoms. The highest BCUT2D eigenvalue weighted by Gasteiger charge is 2.19. The van der Waals surface area contributed by atoms with Crippen molar-refractivity contribution in [3.05, 3.63) is 47.7 Å². The predicted octanol–water partition coefficient (Wildman–Crippen LogP) is 1.48. The van der Waals surface area contributed by atoms with Crippen LogP contribution in [0.1, 0.15) is 18.5 Å². The zero-order chi connectivity index (χ0) is 13.5. The number of carbonyl (C=O) groups excluding carboxylic acids is 1. The number of nitrogens with one attached hydrogen (secondary N) is 1. The SMILES string of the molecule is COC(=O)/C=C(\C)N[C@@H](C(=O)O)c1ccccc1. The molecule has 0 amide bonds. The molecule has 0 unspecified atom stereocenters. The third-order valence-electron chi connectivity index (χ3n) is 2.29. The molecule has 0 aromatic heterocycles. The molecule has 5 nitrogen and oxygen atoms in total. The first-order valence-corrected chi connectivity index (χ1v) is 5.35. The third-order valence-corrected chi connectivity index (χ3v) is 2.29. The van der Waals surface area contributed by atoms with Gasteiger partial charge in [-0.1, -0.05) is 30.3 Å². The van der Waals surface area contributed by atoms with Gasteiger partial charge < -0.3 is 15.2 Å². The van der Waals surface area contributed by atoms with Crippen LogP contribution in [-0.2, 0) is 14.3 Å². The van der Waals surface area contributed by atoms with Gasteiger partial charge >= 0.3 is 11.9 Å². The number of hydrogen-bond donors (Lipinski definition) is 2. The van der Waals surface area contributed by atoms with E-state index in [1.54, 1.807) is 37.3 Å². The molecule has 0 fully saturated rings. The van der Waals surface area contributed by atoms with E-state index in [1.807, 2.05) is 0 Å². The van der Waals surface area contributed by atoms with Gasteiger partial charge in [-0.25, -0.2) is 9.59 Å². The molecule has 0 aliphatic carbocycles. The van der Waals surface area contributed by atoms with E-state index in [-0.39, 0.29) is 0 Å². The zero-order valence-corrected chi connectivity index (χ0v) is 10.2. The van der Waals surface area contributed by atoms with Gasteiger partial charge in [-0.15, -0.1) is 0 Å². The van der Waals surface area contributed by atoms with E-state index in [4.69, 9.17) is 5.11 Å². The highest BCUT2D eigenvalue weighted by Crippen LogP contribution is 2.14. The van der Waals surface area contributed by atoms with Crippen molar-refractivity contribution in [3.8, 4) is 0 Å². The van der Waals surface area contributed by atoms with E-state index in [9.17, 15) is 9.59 Å². The summed E-state index contributed by atoms with van der Waals surface area (Å²) in [5.74, 6) is -1.55. The molecule has 96 valence electrons. The van der Waals surface area contributed by atoms with E-state index in [1.165, 1.54) is 13.2 Å². The molecule has 0 bridgehead atoms. The summed E-state index contributed by atoms with van der Waals surface area (Å²) in [6.07, 6.45) is 1.21. The summed E-state index contributed by atoms with van der Waals surface area (Å²) in [6, 6.07) is 7.83. The average molecular weight is 249 g/mol. The van der Waals surface area contributed by atoms with Crippen LogP contribution in [-0.4, -0.2) is 24.2 Å². The van der Waals surface area contributed by atoms with Gasteiger partial charge in [0.15, 0.2) is 0 Å². The van der Waals surface area contributed by atoms with E-state index in [2.05, 4.69) is 10.1 Å². The lowest BCUT2D eigenvalue weighted by Gasteiger charge is -2.16. The number of carbonyl (C=O) groups is 2. The Morgan fingerprint density at radius 2 is 1.94 bits per heavy atom. The van der Waals surface area contributed by atoms with Crippen molar-refractivity contribution in [1.82, 2.24) is 5.32 Å². The van der Waals surface area contributed by atoms with Crippen LogP contribution in [0.2, 0.25) is 0 Å². The first-order chi connectivity index (χ1) is 8.54. The monoisotopic (exact) mass is 249 g/mol. The van der Waals surface area contributed by atoms with Crippen molar-refractivity contribution < 1.29 is 19.4 Å². The second-order valence-corrected chi connectivity index (χ2v) is 3.68. The maximum Gasteiger partial charge on any atom is 0.332 e. The number of esters is 1. The Morgan fingerprint density at radius 3 is 2.44 bits per heavy atom. The first kappa shape index (κ1) is 13.8. The van der Waals surface area contributed by atoms with Gasteiger partial charge in [-0.05, 0) is 12.5 Å². The molecule has 1 aromatic rings. The lowest BCUT2D eigenvalue weighted by atomic mass is 10.1. The number of rotatable bonds is 5. The Bertz CT molecular complexity index is 453. The Balaban J connectivity index is 2.86. The number of benzene rings is 1. The van der Waals surface area contributed by atoms with Crippen LogP contribution in [0.3, 0.4) is 0 Å². The Kier molecular flexibility index (Phi) is 4.92. The van der Waals surface area contributed by atoms with Crippen LogP contribution in [0.4, 0.5) is 0 Å². The second kappa shape index (κ2) is 6.44. The number of methoxy groups -OCH3 is 1. The van der Waals surface area contributed by atoms with E-state index < -0.39 is 18.0 Å². The molecule has 18 heavy (non-hydrogen) atoms. The molecule has 0 heterocycles. The van der Waals surface area contributed by atoms with Crippen LogP contribution in [0, 0.1) is 0 Å². The molecule has 0 aliphatic rings. The van der Waals surface area contributed by atoms with Crippen molar-refractivity contribution >= 4 is 11.9 Å². The maximum atomic E-state index is 11.2. The number of carboxylic acids is 1. The van der Waals surface area contributed by atoms with Gasteiger partial charge in [0, 0.05) is 11.8 Å². The van der Waals surface area contributed by atoms with Crippen molar-refractivity contribution in [2.45, 2.75) is 13.0 Å². The lowest BCUT2D eigenvalue weighted by molar-refractivity contribution is -0.139. The topological polar surface area (TPSA) is 75.6 Å². The Hall–Kier alpha value is -2.30. The number of ether oxygens (including phenoxy) is 1. The van der Waals surface area contributed by atoms with Crippen molar-refractivity contribution in [1.29, 1.82) is 0 Å². The summed E-state index contributed by atoms with van der Waals surface area (Å²) in [4.78, 5) is 22.2. The number of hydrogen-bond acceptors (Lipinski definition) is 4. The van der Waals surface area contributed by atoms with E-state index >= 15 is 0 Å². The average Bonchev–Trinajstić information content (AvgIpc) is 2.36. The highest BCUT2D eigenvalue weighted by molar-refractivity contribution is 5.83.